The summed E-state index contributed by atoms with van der Waals surface area (Å²) in [6.45, 7) is 0. The highest BCUT2D eigenvalue weighted by Crippen LogP contribution is 1.88. The standard InChI is InChI=1S/C3H3N3O2.ClH/c4-3(7)2-1-5-6-8-2;/h1H,(H2,4,7);1H. The van der Waals surface area contributed by atoms with Crippen LogP contribution in [0.5, 0.6) is 0 Å². The maximum atomic E-state index is 10.1. The summed E-state index contributed by atoms with van der Waals surface area (Å²) >= 11 is 0. The Morgan fingerprint density at radius 1 is 1.78 bits per heavy atom. The van der Waals surface area contributed by atoms with Crippen LogP contribution in [0.15, 0.2) is 10.7 Å². The van der Waals surface area contributed by atoms with E-state index < -0.39 is 5.91 Å². The van der Waals surface area contributed by atoms with E-state index in [9.17, 15) is 4.79 Å². The molecule has 0 fully saturated rings. The lowest BCUT2D eigenvalue weighted by Gasteiger charge is -1.76. The zero-order valence-electron chi connectivity index (χ0n) is 4.27. The molecule has 50 valence electrons. The van der Waals surface area contributed by atoms with Crippen molar-refractivity contribution in [3.8, 4) is 0 Å². The van der Waals surface area contributed by atoms with Crippen LogP contribution < -0.4 is 5.73 Å². The van der Waals surface area contributed by atoms with E-state index in [1.807, 2.05) is 0 Å². The molecular weight excluding hydrogens is 146 g/mol. The van der Waals surface area contributed by atoms with E-state index >= 15 is 0 Å². The lowest BCUT2D eigenvalue weighted by Crippen LogP contribution is -2.09. The highest BCUT2D eigenvalue weighted by atomic mass is 35.5. The maximum absolute atomic E-state index is 10.1. The number of nitrogens with zero attached hydrogens (tertiary/aromatic N) is 2. The number of hydrogen-bond donors (Lipinski definition) is 1. The topological polar surface area (TPSA) is 82.0 Å². The predicted octanol–water partition coefficient (Wildman–Crippen LogP) is -0.410. The average Bonchev–Trinajstić information content (AvgIpc) is 2.12. The van der Waals surface area contributed by atoms with Gasteiger partial charge in [0.2, 0.25) is 5.76 Å². The van der Waals surface area contributed by atoms with Gasteiger partial charge in [0, 0.05) is 5.27 Å². The molecule has 1 amide bonds. The van der Waals surface area contributed by atoms with Gasteiger partial charge in [0.25, 0.3) is 5.91 Å². The fraction of sp³-hybridized carbons (Fsp3) is 0. The molecule has 1 rings (SSSR count). The predicted molar refractivity (Wildman–Crippen MR) is 30.1 cm³/mol. The second-order valence-electron chi connectivity index (χ2n) is 1.15. The largest absolute Gasteiger partial charge is 0.363 e. The summed E-state index contributed by atoms with van der Waals surface area (Å²) in [6.07, 6.45) is 1.16. The highest BCUT2D eigenvalue weighted by Gasteiger charge is 2.02. The Morgan fingerprint density at radius 2 is 2.44 bits per heavy atom. The van der Waals surface area contributed by atoms with Crippen molar-refractivity contribution < 1.29 is 9.32 Å². The number of amides is 1. The van der Waals surface area contributed by atoms with E-state index in [4.69, 9.17) is 5.73 Å². The number of halogens is 1. The summed E-state index contributed by atoms with van der Waals surface area (Å²) < 4.78 is 4.26. The van der Waals surface area contributed by atoms with Crippen LogP contribution in [0.1, 0.15) is 10.6 Å². The van der Waals surface area contributed by atoms with Crippen molar-refractivity contribution in [3.63, 3.8) is 0 Å². The molecule has 0 saturated carbocycles. The molecule has 0 aliphatic heterocycles. The third-order valence-corrected chi connectivity index (χ3v) is 0.604. The summed E-state index contributed by atoms with van der Waals surface area (Å²) in [5.74, 6) is -0.681. The normalized spacial score (nSPS) is 8.00. The van der Waals surface area contributed by atoms with E-state index in [-0.39, 0.29) is 18.2 Å². The number of nitrogens with two attached hydrogens (primary N) is 1. The molecule has 0 spiro atoms. The number of carbonyl (C=O) groups is 1. The summed E-state index contributed by atoms with van der Waals surface area (Å²) in [6, 6.07) is 0. The lowest BCUT2D eigenvalue weighted by atomic mass is 10.5. The fourth-order valence-electron chi connectivity index (χ4n) is 0.276. The quantitative estimate of drug-likeness (QED) is 0.589. The minimum absolute atomic E-state index is 0. The van der Waals surface area contributed by atoms with Gasteiger partial charge in [0.05, 0.1) is 0 Å². The van der Waals surface area contributed by atoms with Crippen LogP contribution in [-0.2, 0) is 0 Å². The molecule has 0 aliphatic carbocycles. The Balaban J connectivity index is 0.000000640. The first kappa shape index (κ1) is 7.90. The summed E-state index contributed by atoms with van der Waals surface area (Å²) in [7, 11) is 0. The van der Waals surface area contributed by atoms with Gasteiger partial charge in [-0.1, -0.05) is 0 Å². The number of carbonyl (C=O) groups excluding carboxylic acids is 1. The number of aromatic nitrogens is 2. The van der Waals surface area contributed by atoms with Gasteiger partial charge in [0.15, 0.2) is 0 Å². The van der Waals surface area contributed by atoms with Gasteiger partial charge in [-0.05, 0) is 0 Å². The van der Waals surface area contributed by atoms with Crippen LogP contribution >= 0.6 is 12.4 Å². The van der Waals surface area contributed by atoms with Gasteiger partial charge in [-0.3, -0.25) is 4.79 Å². The molecule has 2 N–H and O–H groups in total. The maximum Gasteiger partial charge on any atom is 0.289 e. The Labute approximate surface area is 56.6 Å². The molecule has 1 aromatic heterocycles. The van der Waals surface area contributed by atoms with Crippen molar-refractivity contribution in [3.05, 3.63) is 12.0 Å². The molecular formula is C3H4ClN3O2. The monoisotopic (exact) mass is 149 g/mol. The summed E-state index contributed by atoms with van der Waals surface area (Å²) in [4.78, 5) is 10.1. The molecule has 0 saturated heterocycles. The van der Waals surface area contributed by atoms with Gasteiger partial charge in [-0.25, -0.2) is 0 Å². The molecule has 0 unspecified atom stereocenters. The first-order chi connectivity index (χ1) is 3.80. The Bertz CT molecular complexity index is 185. The van der Waals surface area contributed by atoms with Crippen LogP contribution in [0.4, 0.5) is 0 Å². The smallest absolute Gasteiger partial charge is 0.289 e. The van der Waals surface area contributed by atoms with E-state index in [1.165, 1.54) is 0 Å². The van der Waals surface area contributed by atoms with Crippen molar-refractivity contribution in [2.45, 2.75) is 0 Å². The van der Waals surface area contributed by atoms with Crippen molar-refractivity contribution in [2.24, 2.45) is 5.73 Å². The third kappa shape index (κ3) is 1.69. The minimum atomic E-state index is -0.657. The van der Waals surface area contributed by atoms with Crippen molar-refractivity contribution in [1.29, 1.82) is 0 Å². The summed E-state index contributed by atoms with van der Waals surface area (Å²) in [5.41, 5.74) is 4.75. The molecule has 1 heterocycles. The average molecular weight is 150 g/mol. The number of primary amides is 1. The fourth-order valence-corrected chi connectivity index (χ4v) is 0.276. The number of rotatable bonds is 1. The molecule has 0 bridgehead atoms. The van der Waals surface area contributed by atoms with Gasteiger partial charge >= 0.3 is 0 Å². The van der Waals surface area contributed by atoms with E-state index in [1.54, 1.807) is 0 Å². The van der Waals surface area contributed by atoms with Crippen LogP contribution in [-0.4, -0.2) is 16.3 Å². The second kappa shape index (κ2) is 3.03. The van der Waals surface area contributed by atoms with Gasteiger partial charge in [-0.15, -0.1) is 17.5 Å². The van der Waals surface area contributed by atoms with Crippen LogP contribution in [0.3, 0.4) is 0 Å². The molecule has 1 aromatic rings. The van der Waals surface area contributed by atoms with Crippen LogP contribution in [0.25, 0.3) is 0 Å². The highest BCUT2D eigenvalue weighted by molar-refractivity contribution is 5.89. The third-order valence-electron chi connectivity index (χ3n) is 0.604. The molecule has 5 nitrogen and oxygen atoms in total. The zero-order valence-corrected chi connectivity index (χ0v) is 5.09. The van der Waals surface area contributed by atoms with Crippen molar-refractivity contribution in [2.75, 3.05) is 0 Å². The molecule has 0 radical (unpaired) electrons. The zero-order chi connectivity index (χ0) is 5.98. The molecule has 6 heteroatoms. The van der Waals surface area contributed by atoms with Gasteiger partial charge < -0.3 is 10.3 Å². The number of hydrogen-bond acceptors (Lipinski definition) is 4. The SMILES string of the molecule is Cl.NC(=O)c1cnno1. The van der Waals surface area contributed by atoms with Gasteiger partial charge in [-0.2, -0.15) is 0 Å². The van der Waals surface area contributed by atoms with Crippen LogP contribution in [0.2, 0.25) is 0 Å². The lowest BCUT2D eigenvalue weighted by molar-refractivity contribution is 0.0964. The Morgan fingerprint density at radius 3 is 2.67 bits per heavy atom. The van der Waals surface area contributed by atoms with E-state index in [2.05, 4.69) is 14.9 Å². The molecule has 0 atom stereocenters. The Kier molecular flexibility index (Phi) is 2.66. The van der Waals surface area contributed by atoms with Crippen molar-refractivity contribution >= 4 is 18.3 Å². The minimum Gasteiger partial charge on any atom is -0.363 e. The van der Waals surface area contributed by atoms with Crippen LogP contribution in [0, 0.1) is 0 Å². The van der Waals surface area contributed by atoms with Crippen molar-refractivity contribution in [1.82, 2.24) is 10.4 Å². The first-order valence-corrected chi connectivity index (χ1v) is 1.88. The molecule has 0 aliphatic rings. The van der Waals surface area contributed by atoms with E-state index in [0.717, 1.165) is 6.20 Å². The Hall–Kier alpha value is -1.10. The summed E-state index contributed by atoms with van der Waals surface area (Å²) in [5, 5.41) is 6.24. The first-order valence-electron chi connectivity index (χ1n) is 1.88. The molecule has 9 heavy (non-hydrogen) atoms. The molecule has 0 aromatic carbocycles. The van der Waals surface area contributed by atoms with E-state index in [0.29, 0.717) is 0 Å². The second-order valence-corrected chi connectivity index (χ2v) is 1.15. The van der Waals surface area contributed by atoms with Gasteiger partial charge in [0.1, 0.15) is 6.20 Å².